The Hall–Kier alpha value is -3.63. The van der Waals surface area contributed by atoms with Crippen molar-refractivity contribution in [1.82, 2.24) is 14.5 Å². The Bertz CT molecular complexity index is 1230. The average Bonchev–Trinajstić information content (AvgIpc) is 2.76. The van der Waals surface area contributed by atoms with Gasteiger partial charge in [-0.2, -0.15) is 18.2 Å². The van der Waals surface area contributed by atoms with E-state index in [2.05, 4.69) is 16.9 Å². The van der Waals surface area contributed by atoms with Gasteiger partial charge in [-0.05, 0) is 37.1 Å². The van der Waals surface area contributed by atoms with E-state index in [1.165, 1.54) is 18.2 Å². The number of hydrogen-bond donors (Lipinski definition) is 0. The standard InChI is InChI=1S/C22H20F4N4O3/c1-13-6-8-30-20(29(13)2)11-19(28-21(30)31)32-12-14-3-4-17(16(23)9-14)33-15-5-7-27-18(10-15)22(24,25)26/h3-5,7,9-11,13H,6,8,12H2,1-2H3. The normalized spacial score (nSPS) is 15.8. The van der Waals surface area contributed by atoms with E-state index in [1.54, 1.807) is 10.6 Å². The fourth-order valence-corrected chi connectivity index (χ4v) is 3.42. The predicted molar refractivity (Wildman–Crippen MR) is 111 cm³/mol. The molecule has 3 aromatic rings. The molecule has 0 saturated carbocycles. The van der Waals surface area contributed by atoms with Crippen molar-refractivity contribution in [2.45, 2.75) is 38.7 Å². The molecule has 0 saturated heterocycles. The summed E-state index contributed by atoms with van der Waals surface area (Å²) in [6.07, 6.45) is -2.88. The second-order valence-corrected chi connectivity index (χ2v) is 7.67. The molecule has 33 heavy (non-hydrogen) atoms. The summed E-state index contributed by atoms with van der Waals surface area (Å²) in [6, 6.07) is 7.73. The molecular formula is C22H20F4N4O3. The smallest absolute Gasteiger partial charge is 0.433 e. The average molecular weight is 464 g/mol. The second-order valence-electron chi connectivity index (χ2n) is 7.67. The summed E-state index contributed by atoms with van der Waals surface area (Å²) >= 11 is 0. The van der Waals surface area contributed by atoms with E-state index in [0.29, 0.717) is 24.0 Å². The topological polar surface area (TPSA) is 69.5 Å². The van der Waals surface area contributed by atoms with Gasteiger partial charge in [0.25, 0.3) is 0 Å². The number of alkyl halides is 3. The summed E-state index contributed by atoms with van der Waals surface area (Å²) < 4.78 is 65.3. The SMILES string of the molecule is CC1CCn2c(cc(OCc3ccc(Oc4ccnc(C(F)(F)F)c4)c(F)c3)nc2=O)N1C. The molecule has 2 aromatic heterocycles. The van der Waals surface area contributed by atoms with Gasteiger partial charge >= 0.3 is 11.9 Å². The maximum atomic E-state index is 14.5. The van der Waals surface area contributed by atoms with E-state index in [1.807, 2.05) is 11.9 Å². The van der Waals surface area contributed by atoms with Crippen molar-refractivity contribution in [2.75, 3.05) is 11.9 Å². The fraction of sp³-hybridized carbons (Fsp3) is 0.318. The van der Waals surface area contributed by atoms with Crippen molar-refractivity contribution < 1.29 is 27.0 Å². The van der Waals surface area contributed by atoms with Gasteiger partial charge in [0.15, 0.2) is 11.6 Å². The number of fused-ring (bicyclic) bond motifs is 1. The Morgan fingerprint density at radius 2 is 1.97 bits per heavy atom. The third-order valence-corrected chi connectivity index (χ3v) is 5.39. The molecule has 0 fully saturated rings. The highest BCUT2D eigenvalue weighted by molar-refractivity contribution is 5.44. The van der Waals surface area contributed by atoms with Gasteiger partial charge in [-0.3, -0.25) is 9.55 Å². The number of benzene rings is 1. The van der Waals surface area contributed by atoms with Crippen LogP contribution >= 0.6 is 0 Å². The molecule has 174 valence electrons. The Labute approximate surface area is 186 Å². The van der Waals surface area contributed by atoms with E-state index in [9.17, 15) is 22.4 Å². The summed E-state index contributed by atoms with van der Waals surface area (Å²) in [7, 11) is 1.88. The highest BCUT2D eigenvalue weighted by atomic mass is 19.4. The van der Waals surface area contributed by atoms with Crippen molar-refractivity contribution in [3.63, 3.8) is 0 Å². The maximum absolute atomic E-state index is 14.5. The molecule has 1 aliphatic heterocycles. The van der Waals surface area contributed by atoms with Crippen molar-refractivity contribution in [2.24, 2.45) is 0 Å². The minimum Gasteiger partial charge on any atom is -0.473 e. The van der Waals surface area contributed by atoms with E-state index in [4.69, 9.17) is 9.47 Å². The quantitative estimate of drug-likeness (QED) is 0.522. The van der Waals surface area contributed by atoms with Crippen LogP contribution in [0.3, 0.4) is 0 Å². The van der Waals surface area contributed by atoms with Crippen LogP contribution in [0.1, 0.15) is 24.6 Å². The molecule has 1 atom stereocenters. The zero-order valence-electron chi connectivity index (χ0n) is 17.8. The summed E-state index contributed by atoms with van der Waals surface area (Å²) in [5.74, 6) is -0.428. The van der Waals surface area contributed by atoms with Crippen LogP contribution < -0.4 is 20.1 Å². The molecule has 1 aromatic carbocycles. The number of rotatable bonds is 5. The van der Waals surface area contributed by atoms with Crippen LogP contribution in [-0.2, 0) is 19.3 Å². The third kappa shape index (κ3) is 4.91. The minimum atomic E-state index is -4.64. The molecule has 0 aliphatic carbocycles. The zero-order valence-corrected chi connectivity index (χ0v) is 17.8. The predicted octanol–water partition coefficient (Wildman–Crippen LogP) is 4.40. The van der Waals surface area contributed by atoms with Crippen molar-refractivity contribution in [3.05, 3.63) is 70.2 Å². The molecule has 0 N–H and O–H groups in total. The monoisotopic (exact) mass is 464 g/mol. The lowest BCUT2D eigenvalue weighted by molar-refractivity contribution is -0.141. The molecule has 3 heterocycles. The number of nitrogens with zero attached hydrogens (tertiary/aromatic N) is 4. The fourth-order valence-electron chi connectivity index (χ4n) is 3.42. The highest BCUT2D eigenvalue weighted by Crippen LogP contribution is 2.32. The lowest BCUT2D eigenvalue weighted by Crippen LogP contribution is -2.41. The molecule has 0 spiro atoms. The number of hydrogen-bond acceptors (Lipinski definition) is 6. The van der Waals surface area contributed by atoms with Crippen LogP contribution in [0.5, 0.6) is 17.4 Å². The number of pyridine rings is 1. The Balaban J connectivity index is 1.47. The van der Waals surface area contributed by atoms with Crippen LogP contribution in [0.2, 0.25) is 0 Å². The number of anilines is 1. The molecule has 0 amide bonds. The Kier molecular flexibility index (Phi) is 5.96. The van der Waals surface area contributed by atoms with Crippen LogP contribution in [0.4, 0.5) is 23.4 Å². The molecule has 11 heteroatoms. The van der Waals surface area contributed by atoms with Crippen LogP contribution in [0.25, 0.3) is 0 Å². The maximum Gasteiger partial charge on any atom is 0.433 e. The van der Waals surface area contributed by atoms with Gasteiger partial charge in [-0.15, -0.1) is 0 Å². The minimum absolute atomic E-state index is 0.0696. The zero-order chi connectivity index (χ0) is 23.8. The van der Waals surface area contributed by atoms with Crippen LogP contribution in [0.15, 0.2) is 47.4 Å². The Morgan fingerprint density at radius 1 is 1.18 bits per heavy atom. The number of ether oxygens (including phenoxy) is 2. The van der Waals surface area contributed by atoms with Gasteiger partial charge in [-0.25, -0.2) is 9.18 Å². The van der Waals surface area contributed by atoms with E-state index in [0.717, 1.165) is 18.7 Å². The lowest BCUT2D eigenvalue weighted by Gasteiger charge is -2.34. The highest BCUT2D eigenvalue weighted by Gasteiger charge is 2.32. The first-order valence-electron chi connectivity index (χ1n) is 10.1. The second kappa shape index (κ2) is 8.72. The summed E-state index contributed by atoms with van der Waals surface area (Å²) in [6.45, 7) is 2.55. The molecule has 1 unspecified atom stereocenters. The Morgan fingerprint density at radius 3 is 2.70 bits per heavy atom. The van der Waals surface area contributed by atoms with E-state index in [-0.39, 0.29) is 30.0 Å². The summed E-state index contributed by atoms with van der Waals surface area (Å²) in [5.41, 5.74) is -1.14. The molecule has 4 rings (SSSR count). The molecular weight excluding hydrogens is 444 g/mol. The van der Waals surface area contributed by atoms with Crippen molar-refractivity contribution >= 4 is 5.82 Å². The first-order valence-corrected chi connectivity index (χ1v) is 10.1. The summed E-state index contributed by atoms with van der Waals surface area (Å²) in [4.78, 5) is 21.4. The van der Waals surface area contributed by atoms with Crippen molar-refractivity contribution in [3.8, 4) is 17.4 Å². The number of halogens is 4. The van der Waals surface area contributed by atoms with Gasteiger partial charge in [0.05, 0.1) is 0 Å². The van der Waals surface area contributed by atoms with Gasteiger partial charge in [-0.1, -0.05) is 6.07 Å². The molecule has 0 bridgehead atoms. The molecule has 0 radical (unpaired) electrons. The van der Waals surface area contributed by atoms with Crippen molar-refractivity contribution in [1.29, 1.82) is 0 Å². The van der Waals surface area contributed by atoms with Gasteiger partial charge in [0.2, 0.25) is 5.88 Å². The van der Waals surface area contributed by atoms with Crippen LogP contribution in [-0.4, -0.2) is 27.6 Å². The largest absolute Gasteiger partial charge is 0.473 e. The number of aromatic nitrogens is 3. The van der Waals surface area contributed by atoms with E-state index < -0.39 is 23.4 Å². The molecule has 7 nitrogen and oxygen atoms in total. The van der Waals surface area contributed by atoms with Gasteiger partial charge in [0, 0.05) is 38.0 Å². The lowest BCUT2D eigenvalue weighted by atomic mass is 10.1. The third-order valence-electron chi connectivity index (χ3n) is 5.39. The first-order chi connectivity index (χ1) is 15.6. The summed E-state index contributed by atoms with van der Waals surface area (Å²) in [5, 5.41) is 0. The van der Waals surface area contributed by atoms with Gasteiger partial charge < -0.3 is 14.4 Å². The van der Waals surface area contributed by atoms with Gasteiger partial charge in [0.1, 0.15) is 23.9 Å². The van der Waals surface area contributed by atoms with E-state index >= 15 is 0 Å². The molecule has 1 aliphatic rings. The van der Waals surface area contributed by atoms with Crippen LogP contribution in [0, 0.1) is 5.82 Å². The first kappa shape index (κ1) is 22.6.